The number of ether oxygens (including phenoxy) is 2. The van der Waals surface area contributed by atoms with Crippen molar-refractivity contribution in [3.63, 3.8) is 0 Å². The van der Waals surface area contributed by atoms with Gasteiger partial charge in [-0.05, 0) is 156 Å². The summed E-state index contributed by atoms with van der Waals surface area (Å²) in [7, 11) is -6.90. The van der Waals surface area contributed by atoms with Gasteiger partial charge in [0.25, 0.3) is 5.91 Å². The van der Waals surface area contributed by atoms with E-state index in [1.54, 1.807) is 47.0 Å². The van der Waals surface area contributed by atoms with Crippen molar-refractivity contribution in [1.29, 1.82) is 0 Å². The highest BCUT2D eigenvalue weighted by molar-refractivity contribution is 7.90. The van der Waals surface area contributed by atoms with Crippen molar-refractivity contribution in [2.45, 2.75) is 90.6 Å². The molecule has 320 valence electrons. The quantitative estimate of drug-likeness (QED) is 0.226. The van der Waals surface area contributed by atoms with Crippen LogP contribution in [0.3, 0.4) is 0 Å². The minimum Gasteiger partial charge on any atom is -0.478 e. The molecule has 3 fully saturated rings. The van der Waals surface area contributed by atoms with Crippen LogP contribution in [0.25, 0.3) is 21.8 Å². The summed E-state index contributed by atoms with van der Waals surface area (Å²) in [6, 6.07) is 10.2. The van der Waals surface area contributed by atoms with Crippen LogP contribution in [0.15, 0.2) is 36.4 Å². The van der Waals surface area contributed by atoms with E-state index in [1.165, 1.54) is 10.0 Å². The number of carboxylic acids is 1. The Labute approximate surface area is 346 Å². The van der Waals surface area contributed by atoms with E-state index in [4.69, 9.17) is 9.47 Å². The number of aromatic nitrogens is 2. The average molecular weight is 852 g/mol. The highest BCUT2D eigenvalue weighted by atomic mass is 32.2. The summed E-state index contributed by atoms with van der Waals surface area (Å²) in [5.74, 6) is 1.19. The first kappa shape index (κ1) is 42.0. The lowest BCUT2D eigenvalue weighted by atomic mass is 9.75. The molecular formula is C44H57N3O10S2. The highest BCUT2D eigenvalue weighted by Gasteiger charge is 2.36. The van der Waals surface area contributed by atoms with Gasteiger partial charge in [0.15, 0.2) is 0 Å². The molecule has 2 aromatic heterocycles. The van der Waals surface area contributed by atoms with Gasteiger partial charge in [-0.25, -0.2) is 29.6 Å². The summed E-state index contributed by atoms with van der Waals surface area (Å²) >= 11 is 0. The number of likely N-dealkylation sites (tertiary alicyclic amines) is 1. The molecule has 3 atom stereocenters. The monoisotopic (exact) mass is 851 g/mol. The number of fused-ring (bicyclic) bond motifs is 6. The van der Waals surface area contributed by atoms with Crippen LogP contribution in [0.2, 0.25) is 0 Å². The number of benzene rings is 2. The van der Waals surface area contributed by atoms with Gasteiger partial charge in [-0.2, -0.15) is 0 Å². The van der Waals surface area contributed by atoms with Gasteiger partial charge in [0.1, 0.15) is 0 Å². The predicted molar refractivity (Wildman–Crippen MR) is 225 cm³/mol. The number of aliphatic hydroxyl groups is 1. The molecule has 5 heterocycles. The van der Waals surface area contributed by atoms with E-state index in [0.29, 0.717) is 66.2 Å². The number of hydrogen-bond acceptors (Lipinski definition) is 9. The Balaban J connectivity index is 0.000000167. The molecule has 0 saturated carbocycles. The van der Waals surface area contributed by atoms with E-state index < -0.39 is 32.1 Å². The Morgan fingerprint density at radius 3 is 1.54 bits per heavy atom. The van der Waals surface area contributed by atoms with Crippen LogP contribution in [0.5, 0.6) is 0 Å². The van der Waals surface area contributed by atoms with Crippen molar-refractivity contribution in [3.05, 3.63) is 70.0 Å². The van der Waals surface area contributed by atoms with E-state index in [9.17, 15) is 36.6 Å². The first-order valence-electron chi connectivity index (χ1n) is 21.5. The fraction of sp³-hybridized carbons (Fsp3) is 0.591. The van der Waals surface area contributed by atoms with E-state index in [1.807, 2.05) is 6.07 Å². The van der Waals surface area contributed by atoms with Crippen LogP contribution in [0.4, 0.5) is 0 Å². The molecule has 0 spiro atoms. The molecule has 0 bridgehead atoms. The number of carboxylic acid groups (broad SMARTS) is 1. The first-order chi connectivity index (χ1) is 28.3. The molecule has 0 radical (unpaired) electrons. The summed E-state index contributed by atoms with van der Waals surface area (Å²) in [6.07, 6.45) is 9.44. The van der Waals surface area contributed by atoms with Gasteiger partial charge in [0, 0.05) is 67.2 Å². The number of rotatable bonds is 8. The molecule has 3 saturated heterocycles. The minimum absolute atomic E-state index is 0.0211. The zero-order valence-corrected chi connectivity index (χ0v) is 35.7. The molecule has 2 aromatic carbocycles. The summed E-state index contributed by atoms with van der Waals surface area (Å²) in [5, 5.41) is 20.9. The maximum atomic E-state index is 13.1. The van der Waals surface area contributed by atoms with E-state index >= 15 is 0 Å². The number of amides is 1. The third kappa shape index (κ3) is 8.09. The van der Waals surface area contributed by atoms with Crippen molar-refractivity contribution in [2.75, 3.05) is 51.0 Å². The van der Waals surface area contributed by atoms with Crippen LogP contribution in [-0.4, -0.2) is 109 Å². The number of nitrogens with zero attached hydrogens (tertiary/aromatic N) is 3. The van der Waals surface area contributed by atoms with Crippen molar-refractivity contribution >= 4 is 53.7 Å². The molecule has 3 aliphatic heterocycles. The van der Waals surface area contributed by atoms with Crippen LogP contribution in [0, 0.1) is 23.7 Å². The number of β-amino-alcohol motifs (C(OH)–C–C–N with tert-alkyl or cyclic N) is 1. The standard InChI is InChI=1S/C24H32N2O5S.C20H25NO5S/c1-2-32(29,30)26-22-5-3-17(16-8-11-31-12-9-16)13-20(22)21-14-18(4-6-23(21)26)24(28)25-10-7-19(27)15-25;1-2-27(24,25)21-18-5-3-14(13-7-9-26-10-8-13)11-16(18)17-12-15(20(22)23)4-6-19(17)21/h4,6,14,16-17,19,27H,2-3,5,7-13,15H2,1H3;4,6,12-14H,2-3,5,7-11H2,1H3,(H,22,23)/t17?,19-;/m0./s1. The Bertz CT molecular complexity index is 2460. The zero-order chi connectivity index (χ0) is 41.6. The van der Waals surface area contributed by atoms with Crippen LogP contribution >= 0.6 is 0 Å². The Morgan fingerprint density at radius 1 is 0.661 bits per heavy atom. The van der Waals surface area contributed by atoms with Gasteiger partial charge in [-0.1, -0.05) is 0 Å². The van der Waals surface area contributed by atoms with Crippen molar-refractivity contribution in [2.24, 2.45) is 23.7 Å². The third-order valence-electron chi connectivity index (χ3n) is 13.8. The first-order valence-corrected chi connectivity index (χ1v) is 24.7. The molecule has 2 N–H and O–H groups in total. The second-order valence-corrected chi connectivity index (χ2v) is 21.3. The van der Waals surface area contributed by atoms with Crippen molar-refractivity contribution in [1.82, 2.24) is 12.8 Å². The Kier molecular flexibility index (Phi) is 12.1. The summed E-state index contributed by atoms with van der Waals surface area (Å²) in [5.41, 5.74) is 5.91. The van der Waals surface area contributed by atoms with Crippen LogP contribution < -0.4 is 0 Å². The molecule has 5 aliphatic rings. The van der Waals surface area contributed by atoms with Gasteiger partial charge in [0.05, 0.1) is 34.2 Å². The zero-order valence-electron chi connectivity index (χ0n) is 34.1. The van der Waals surface area contributed by atoms with Gasteiger partial charge >= 0.3 is 5.97 Å². The number of aliphatic hydroxyl groups excluding tert-OH is 1. The molecule has 13 nitrogen and oxygen atoms in total. The van der Waals surface area contributed by atoms with E-state index in [0.717, 1.165) is 118 Å². The molecule has 2 unspecified atom stereocenters. The molecular weight excluding hydrogens is 795 g/mol. The summed E-state index contributed by atoms with van der Waals surface area (Å²) < 4.78 is 65.7. The lowest BCUT2D eigenvalue weighted by Gasteiger charge is -2.33. The fourth-order valence-electron chi connectivity index (χ4n) is 10.5. The lowest BCUT2D eigenvalue weighted by Crippen LogP contribution is -2.29. The smallest absolute Gasteiger partial charge is 0.335 e. The van der Waals surface area contributed by atoms with Gasteiger partial charge in [-0.15, -0.1) is 0 Å². The lowest BCUT2D eigenvalue weighted by molar-refractivity contribution is 0.0438. The largest absolute Gasteiger partial charge is 0.478 e. The van der Waals surface area contributed by atoms with Crippen molar-refractivity contribution < 1.29 is 46.1 Å². The molecule has 59 heavy (non-hydrogen) atoms. The maximum absolute atomic E-state index is 13.1. The minimum atomic E-state index is -3.45. The van der Waals surface area contributed by atoms with E-state index in [-0.39, 0.29) is 23.0 Å². The normalized spacial score (nSPS) is 23.2. The average Bonchev–Trinajstić information content (AvgIpc) is 3.95. The number of aromatic carboxylic acids is 1. The van der Waals surface area contributed by atoms with Gasteiger partial charge in [-0.3, -0.25) is 4.79 Å². The topological polar surface area (TPSA) is 174 Å². The van der Waals surface area contributed by atoms with Crippen LogP contribution in [-0.2, 0) is 55.2 Å². The third-order valence-corrected chi connectivity index (χ3v) is 17.2. The molecule has 4 aromatic rings. The van der Waals surface area contributed by atoms with Crippen LogP contribution in [0.1, 0.15) is 102 Å². The predicted octanol–water partition coefficient (Wildman–Crippen LogP) is 5.65. The SMILES string of the molecule is CCS(=O)(=O)n1c2c(c3cc(C(=O)N4CC[C@H](O)C4)ccc31)CC(C1CCOCC1)CC2.CCS(=O)(=O)n1c2c(c3cc(C(=O)O)ccc31)CC(C1CCOCC1)CC2. The van der Waals surface area contributed by atoms with Gasteiger partial charge in [0.2, 0.25) is 20.0 Å². The maximum Gasteiger partial charge on any atom is 0.335 e. The number of carbonyl (C=O) groups excluding carboxylic acids is 1. The summed E-state index contributed by atoms with van der Waals surface area (Å²) in [4.78, 5) is 26.2. The fourth-order valence-corrected chi connectivity index (χ4v) is 13.0. The van der Waals surface area contributed by atoms with Crippen molar-refractivity contribution in [3.8, 4) is 0 Å². The molecule has 1 amide bonds. The molecule has 2 aliphatic carbocycles. The number of carbonyl (C=O) groups is 2. The second-order valence-electron chi connectivity index (χ2n) is 17.0. The molecule has 15 heteroatoms. The Hall–Kier alpha value is -3.76. The van der Waals surface area contributed by atoms with E-state index in [2.05, 4.69) is 0 Å². The molecule has 9 rings (SSSR count). The number of hydrogen-bond donors (Lipinski definition) is 2. The van der Waals surface area contributed by atoms with Gasteiger partial charge < -0.3 is 24.6 Å². The highest BCUT2D eigenvalue weighted by Crippen LogP contribution is 2.42. The summed E-state index contributed by atoms with van der Waals surface area (Å²) in [6.45, 7) is 7.43. The second kappa shape index (κ2) is 16.9. The Morgan fingerprint density at radius 2 is 1.12 bits per heavy atom.